The third kappa shape index (κ3) is 4.84. The van der Waals surface area contributed by atoms with Gasteiger partial charge in [0.1, 0.15) is 6.26 Å². The molecular formula is C19H29N3O3. The number of piperidine rings is 2. The number of nitrogens with zero attached hydrogens (tertiary/aromatic N) is 2. The SMILES string of the molecule is CC1CCN(CCNC(=O)C2CCN(C(=O)c3ccoc3)CC2)CC1. The van der Waals surface area contributed by atoms with E-state index in [0.717, 1.165) is 44.9 Å². The number of hydrogen-bond donors (Lipinski definition) is 1. The van der Waals surface area contributed by atoms with E-state index in [9.17, 15) is 9.59 Å². The van der Waals surface area contributed by atoms with Crippen LogP contribution >= 0.6 is 0 Å². The summed E-state index contributed by atoms with van der Waals surface area (Å²) < 4.78 is 4.97. The van der Waals surface area contributed by atoms with E-state index in [0.29, 0.717) is 18.7 Å². The fourth-order valence-corrected chi connectivity index (χ4v) is 3.68. The molecule has 0 radical (unpaired) electrons. The predicted octanol–water partition coefficient (Wildman–Crippen LogP) is 1.98. The van der Waals surface area contributed by atoms with Crippen LogP contribution in [0.15, 0.2) is 23.0 Å². The van der Waals surface area contributed by atoms with Gasteiger partial charge in [-0.2, -0.15) is 0 Å². The maximum absolute atomic E-state index is 12.3. The van der Waals surface area contributed by atoms with Crippen molar-refractivity contribution in [1.82, 2.24) is 15.1 Å². The lowest BCUT2D eigenvalue weighted by Gasteiger charge is -2.32. The average Bonchev–Trinajstić information content (AvgIpc) is 3.17. The Kier molecular flexibility index (Phi) is 6.13. The third-order valence-corrected chi connectivity index (χ3v) is 5.52. The second-order valence-corrected chi connectivity index (χ2v) is 7.39. The van der Waals surface area contributed by atoms with Crippen LogP contribution < -0.4 is 5.32 Å². The highest BCUT2D eigenvalue weighted by molar-refractivity contribution is 5.94. The first-order valence-electron chi connectivity index (χ1n) is 9.45. The number of amides is 2. The van der Waals surface area contributed by atoms with E-state index in [1.54, 1.807) is 6.07 Å². The molecule has 0 saturated carbocycles. The first-order chi connectivity index (χ1) is 12.1. The summed E-state index contributed by atoms with van der Waals surface area (Å²) in [4.78, 5) is 28.9. The quantitative estimate of drug-likeness (QED) is 0.884. The highest BCUT2D eigenvalue weighted by atomic mass is 16.3. The molecule has 2 aliphatic rings. The van der Waals surface area contributed by atoms with E-state index in [1.165, 1.54) is 25.4 Å². The largest absolute Gasteiger partial charge is 0.472 e. The van der Waals surface area contributed by atoms with Crippen molar-refractivity contribution in [3.05, 3.63) is 24.2 Å². The Labute approximate surface area is 149 Å². The molecule has 1 aromatic heterocycles. The van der Waals surface area contributed by atoms with Gasteiger partial charge in [0.05, 0.1) is 11.8 Å². The standard InChI is InChI=1S/C19H29N3O3/c1-15-2-8-21(9-3-15)12-7-20-18(23)16-4-10-22(11-5-16)19(24)17-6-13-25-14-17/h6,13-16H,2-5,7-12H2,1H3,(H,20,23). The van der Waals surface area contributed by atoms with Gasteiger partial charge in [-0.1, -0.05) is 6.92 Å². The Hall–Kier alpha value is -1.82. The van der Waals surface area contributed by atoms with Crippen LogP contribution in [0.4, 0.5) is 0 Å². The third-order valence-electron chi connectivity index (χ3n) is 5.52. The zero-order valence-electron chi connectivity index (χ0n) is 15.1. The minimum absolute atomic E-state index is 0.00747. The summed E-state index contributed by atoms with van der Waals surface area (Å²) in [6, 6.07) is 1.68. The maximum Gasteiger partial charge on any atom is 0.257 e. The molecule has 6 nitrogen and oxygen atoms in total. The Morgan fingerprint density at radius 2 is 1.88 bits per heavy atom. The summed E-state index contributed by atoms with van der Waals surface area (Å²) in [6.07, 6.45) is 6.97. The highest BCUT2D eigenvalue weighted by Crippen LogP contribution is 2.19. The fourth-order valence-electron chi connectivity index (χ4n) is 3.68. The second-order valence-electron chi connectivity index (χ2n) is 7.39. The van der Waals surface area contributed by atoms with E-state index >= 15 is 0 Å². The highest BCUT2D eigenvalue weighted by Gasteiger charge is 2.28. The zero-order chi connectivity index (χ0) is 17.6. The summed E-state index contributed by atoms with van der Waals surface area (Å²) in [6.45, 7) is 7.52. The van der Waals surface area contributed by atoms with Crippen molar-refractivity contribution in [2.45, 2.75) is 32.6 Å². The van der Waals surface area contributed by atoms with Crippen molar-refractivity contribution >= 4 is 11.8 Å². The van der Waals surface area contributed by atoms with Crippen LogP contribution in [-0.2, 0) is 4.79 Å². The number of furan rings is 1. The molecule has 2 fully saturated rings. The molecule has 6 heteroatoms. The van der Waals surface area contributed by atoms with Gasteiger partial charge >= 0.3 is 0 Å². The molecule has 0 bridgehead atoms. The molecule has 1 aromatic rings. The van der Waals surface area contributed by atoms with Gasteiger partial charge in [0.2, 0.25) is 5.91 Å². The van der Waals surface area contributed by atoms with E-state index < -0.39 is 0 Å². The summed E-state index contributed by atoms with van der Waals surface area (Å²) >= 11 is 0. The van der Waals surface area contributed by atoms with Gasteiger partial charge in [0, 0.05) is 32.1 Å². The Morgan fingerprint density at radius 3 is 2.52 bits per heavy atom. The predicted molar refractivity (Wildman–Crippen MR) is 95.2 cm³/mol. The molecule has 3 heterocycles. The van der Waals surface area contributed by atoms with Gasteiger partial charge in [-0.15, -0.1) is 0 Å². The van der Waals surface area contributed by atoms with E-state index in [-0.39, 0.29) is 17.7 Å². The molecule has 2 amide bonds. The molecule has 3 rings (SSSR count). The van der Waals surface area contributed by atoms with Crippen molar-refractivity contribution in [3.63, 3.8) is 0 Å². The molecule has 0 spiro atoms. The van der Waals surface area contributed by atoms with Crippen LogP contribution in [0.25, 0.3) is 0 Å². The second kappa shape index (κ2) is 8.52. The monoisotopic (exact) mass is 347 g/mol. The molecule has 2 aliphatic heterocycles. The molecule has 0 unspecified atom stereocenters. The lowest BCUT2D eigenvalue weighted by atomic mass is 9.95. The van der Waals surface area contributed by atoms with Gasteiger partial charge in [0.25, 0.3) is 5.91 Å². The topological polar surface area (TPSA) is 65.8 Å². The van der Waals surface area contributed by atoms with Crippen LogP contribution in [0.3, 0.4) is 0 Å². The fraction of sp³-hybridized carbons (Fsp3) is 0.684. The Balaban J connectivity index is 1.35. The molecule has 1 N–H and O–H groups in total. The van der Waals surface area contributed by atoms with Gasteiger partial charge in [0.15, 0.2) is 0 Å². The molecule has 0 aliphatic carbocycles. The number of carbonyl (C=O) groups is 2. The van der Waals surface area contributed by atoms with Crippen LogP contribution in [0, 0.1) is 11.8 Å². The van der Waals surface area contributed by atoms with Gasteiger partial charge in [-0.05, 0) is 50.8 Å². The first kappa shape index (κ1) is 18.0. The van der Waals surface area contributed by atoms with Crippen molar-refractivity contribution in [2.24, 2.45) is 11.8 Å². The van der Waals surface area contributed by atoms with Crippen molar-refractivity contribution in [1.29, 1.82) is 0 Å². The normalized spacial score (nSPS) is 20.6. The Morgan fingerprint density at radius 1 is 1.16 bits per heavy atom. The number of carbonyl (C=O) groups excluding carboxylic acids is 2. The smallest absolute Gasteiger partial charge is 0.257 e. The number of rotatable bonds is 5. The van der Waals surface area contributed by atoms with Gasteiger partial charge in [-0.25, -0.2) is 0 Å². The van der Waals surface area contributed by atoms with E-state index in [4.69, 9.17) is 4.42 Å². The lowest BCUT2D eigenvalue weighted by Crippen LogP contribution is -2.45. The minimum Gasteiger partial charge on any atom is -0.472 e. The summed E-state index contributed by atoms with van der Waals surface area (Å²) in [5, 5.41) is 3.08. The lowest BCUT2D eigenvalue weighted by molar-refractivity contribution is -0.126. The summed E-state index contributed by atoms with van der Waals surface area (Å²) in [5.74, 6) is 0.989. The van der Waals surface area contributed by atoms with Crippen LogP contribution in [-0.4, -0.2) is 60.9 Å². The van der Waals surface area contributed by atoms with Crippen LogP contribution in [0.1, 0.15) is 43.0 Å². The minimum atomic E-state index is -0.00747. The van der Waals surface area contributed by atoms with E-state index in [1.807, 2.05) is 4.90 Å². The van der Waals surface area contributed by atoms with Crippen molar-refractivity contribution < 1.29 is 14.0 Å². The summed E-state index contributed by atoms with van der Waals surface area (Å²) in [7, 11) is 0. The van der Waals surface area contributed by atoms with Crippen LogP contribution in [0.2, 0.25) is 0 Å². The number of hydrogen-bond acceptors (Lipinski definition) is 4. The molecule has 25 heavy (non-hydrogen) atoms. The molecule has 0 atom stereocenters. The van der Waals surface area contributed by atoms with Crippen molar-refractivity contribution in [2.75, 3.05) is 39.3 Å². The van der Waals surface area contributed by atoms with Gasteiger partial charge in [-0.3, -0.25) is 9.59 Å². The molecule has 138 valence electrons. The van der Waals surface area contributed by atoms with Crippen molar-refractivity contribution in [3.8, 4) is 0 Å². The zero-order valence-corrected chi connectivity index (χ0v) is 15.1. The molecular weight excluding hydrogens is 318 g/mol. The maximum atomic E-state index is 12.3. The Bertz CT molecular complexity index is 556. The average molecular weight is 347 g/mol. The van der Waals surface area contributed by atoms with Gasteiger partial charge < -0.3 is 19.5 Å². The molecule has 0 aromatic carbocycles. The van der Waals surface area contributed by atoms with Crippen LogP contribution in [0.5, 0.6) is 0 Å². The molecule has 2 saturated heterocycles. The summed E-state index contributed by atoms with van der Waals surface area (Å²) in [5.41, 5.74) is 0.582. The number of likely N-dealkylation sites (tertiary alicyclic amines) is 2. The number of nitrogens with one attached hydrogen (secondary N) is 1. The van der Waals surface area contributed by atoms with E-state index in [2.05, 4.69) is 17.1 Å². The first-order valence-corrected chi connectivity index (χ1v) is 9.45.